The molecular weight excluding hydrogens is 209 g/mol. The van der Waals surface area contributed by atoms with E-state index in [1.165, 1.54) is 0 Å². The summed E-state index contributed by atoms with van der Waals surface area (Å²) in [4.78, 5) is 0. The van der Waals surface area contributed by atoms with E-state index < -0.39 is 0 Å². The zero-order chi connectivity index (χ0) is 9.68. The average molecular weight is 220 g/mol. The Morgan fingerprint density at radius 2 is 1.85 bits per heavy atom. The van der Waals surface area contributed by atoms with Crippen LogP contribution < -0.4 is 5.32 Å². The zero-order valence-electron chi connectivity index (χ0n) is 7.31. The summed E-state index contributed by atoms with van der Waals surface area (Å²) in [6.07, 6.45) is 0. The lowest BCUT2D eigenvalue weighted by Gasteiger charge is -2.06. The summed E-state index contributed by atoms with van der Waals surface area (Å²) in [6.45, 7) is 1.40. The highest BCUT2D eigenvalue weighted by Gasteiger charge is 1.96. The molecule has 0 saturated carbocycles. The largest absolute Gasteiger partial charge is 0.383 e. The summed E-state index contributed by atoms with van der Waals surface area (Å²) in [5, 5.41) is 4.40. The van der Waals surface area contributed by atoms with Crippen LogP contribution in [0.5, 0.6) is 0 Å². The van der Waals surface area contributed by atoms with Gasteiger partial charge in [0.05, 0.1) is 6.61 Å². The van der Waals surface area contributed by atoms with Gasteiger partial charge in [0.2, 0.25) is 0 Å². The molecule has 2 nitrogen and oxygen atoms in total. The van der Waals surface area contributed by atoms with Crippen LogP contribution in [0.3, 0.4) is 0 Å². The van der Waals surface area contributed by atoms with Crippen molar-refractivity contribution in [1.82, 2.24) is 0 Å². The van der Waals surface area contributed by atoms with Crippen molar-refractivity contribution < 1.29 is 4.74 Å². The topological polar surface area (TPSA) is 21.3 Å². The maximum absolute atomic E-state index is 5.81. The Balaban J connectivity index is 2.56. The number of nitrogens with one attached hydrogen (secondary N) is 1. The fourth-order valence-electron chi connectivity index (χ4n) is 0.953. The highest BCUT2D eigenvalue weighted by Crippen LogP contribution is 2.22. The lowest BCUT2D eigenvalue weighted by Crippen LogP contribution is -2.07. The first kappa shape index (κ1) is 10.6. The number of anilines is 1. The highest BCUT2D eigenvalue weighted by atomic mass is 35.5. The van der Waals surface area contributed by atoms with E-state index in [2.05, 4.69) is 5.32 Å². The Bertz CT molecular complexity index is 258. The fourth-order valence-corrected chi connectivity index (χ4v) is 1.48. The number of benzene rings is 1. The molecular formula is C9H11Cl2NO. The first-order valence-electron chi connectivity index (χ1n) is 3.91. The van der Waals surface area contributed by atoms with E-state index in [4.69, 9.17) is 27.9 Å². The molecule has 0 aliphatic heterocycles. The van der Waals surface area contributed by atoms with E-state index in [-0.39, 0.29) is 0 Å². The number of methoxy groups -OCH3 is 1. The first-order chi connectivity index (χ1) is 6.22. The molecule has 0 atom stereocenters. The van der Waals surface area contributed by atoms with Crippen LogP contribution in [0.15, 0.2) is 18.2 Å². The van der Waals surface area contributed by atoms with Gasteiger partial charge in [-0.1, -0.05) is 23.2 Å². The molecule has 0 heterocycles. The quantitative estimate of drug-likeness (QED) is 0.787. The maximum Gasteiger partial charge on any atom is 0.0635 e. The Morgan fingerprint density at radius 1 is 1.23 bits per heavy atom. The molecule has 0 aliphatic carbocycles. The second-order valence-electron chi connectivity index (χ2n) is 2.58. The van der Waals surface area contributed by atoms with E-state index in [0.29, 0.717) is 16.7 Å². The van der Waals surface area contributed by atoms with Gasteiger partial charge in [-0.25, -0.2) is 0 Å². The normalized spacial score (nSPS) is 10.1. The van der Waals surface area contributed by atoms with Gasteiger partial charge in [-0.05, 0) is 18.2 Å². The first-order valence-corrected chi connectivity index (χ1v) is 4.67. The van der Waals surface area contributed by atoms with Crippen LogP contribution in [-0.4, -0.2) is 20.3 Å². The van der Waals surface area contributed by atoms with Gasteiger partial charge < -0.3 is 10.1 Å². The number of ether oxygens (including phenoxy) is 1. The number of rotatable bonds is 4. The van der Waals surface area contributed by atoms with Gasteiger partial charge in [0.1, 0.15) is 0 Å². The molecule has 0 saturated heterocycles. The number of halogens is 2. The van der Waals surface area contributed by atoms with Crippen molar-refractivity contribution in [2.24, 2.45) is 0 Å². The van der Waals surface area contributed by atoms with Gasteiger partial charge in [0.15, 0.2) is 0 Å². The van der Waals surface area contributed by atoms with Crippen LogP contribution in [0.2, 0.25) is 10.0 Å². The van der Waals surface area contributed by atoms with Gasteiger partial charge >= 0.3 is 0 Å². The SMILES string of the molecule is COCCNc1cc(Cl)cc(Cl)c1. The summed E-state index contributed by atoms with van der Waals surface area (Å²) >= 11 is 11.6. The van der Waals surface area contributed by atoms with E-state index >= 15 is 0 Å². The number of hydrogen-bond acceptors (Lipinski definition) is 2. The minimum Gasteiger partial charge on any atom is -0.383 e. The van der Waals surface area contributed by atoms with Crippen LogP contribution in [-0.2, 0) is 4.74 Å². The van der Waals surface area contributed by atoms with E-state index in [9.17, 15) is 0 Å². The molecule has 0 aliphatic rings. The molecule has 0 radical (unpaired) electrons. The van der Waals surface area contributed by atoms with Crippen molar-refractivity contribution in [2.45, 2.75) is 0 Å². The molecule has 0 fully saturated rings. The smallest absolute Gasteiger partial charge is 0.0635 e. The fraction of sp³-hybridized carbons (Fsp3) is 0.333. The van der Waals surface area contributed by atoms with E-state index in [1.807, 2.05) is 12.1 Å². The monoisotopic (exact) mass is 219 g/mol. The van der Waals surface area contributed by atoms with Gasteiger partial charge in [0.25, 0.3) is 0 Å². The molecule has 13 heavy (non-hydrogen) atoms. The standard InChI is InChI=1S/C9H11Cl2NO/c1-13-3-2-12-9-5-7(10)4-8(11)6-9/h4-6,12H,2-3H2,1H3. The van der Waals surface area contributed by atoms with Crippen molar-refractivity contribution in [1.29, 1.82) is 0 Å². The molecule has 0 spiro atoms. The van der Waals surface area contributed by atoms with Crippen molar-refractivity contribution in [2.75, 3.05) is 25.6 Å². The van der Waals surface area contributed by atoms with E-state index in [0.717, 1.165) is 12.2 Å². The maximum atomic E-state index is 5.81. The summed E-state index contributed by atoms with van der Waals surface area (Å²) in [7, 11) is 1.66. The van der Waals surface area contributed by atoms with Crippen LogP contribution in [0.4, 0.5) is 5.69 Å². The molecule has 0 aromatic heterocycles. The second kappa shape index (κ2) is 5.32. The lowest BCUT2D eigenvalue weighted by atomic mass is 10.3. The molecule has 1 N–H and O–H groups in total. The molecule has 72 valence electrons. The summed E-state index contributed by atoms with van der Waals surface area (Å²) in [6, 6.07) is 5.34. The van der Waals surface area contributed by atoms with Gasteiger partial charge in [-0.3, -0.25) is 0 Å². The Hall–Kier alpha value is -0.440. The van der Waals surface area contributed by atoms with Crippen molar-refractivity contribution in [3.05, 3.63) is 28.2 Å². The molecule has 1 aromatic rings. The third-order valence-corrected chi connectivity index (χ3v) is 1.93. The molecule has 1 aromatic carbocycles. The average Bonchev–Trinajstić information content (AvgIpc) is 2.03. The summed E-state index contributed by atoms with van der Waals surface area (Å²) < 4.78 is 4.90. The Morgan fingerprint density at radius 3 is 2.38 bits per heavy atom. The molecule has 1 rings (SSSR count). The molecule has 0 bridgehead atoms. The zero-order valence-corrected chi connectivity index (χ0v) is 8.82. The second-order valence-corrected chi connectivity index (χ2v) is 3.45. The van der Waals surface area contributed by atoms with Gasteiger partial charge in [0, 0.05) is 29.4 Å². The summed E-state index contributed by atoms with van der Waals surface area (Å²) in [5.41, 5.74) is 0.912. The Labute approximate surface area is 87.8 Å². The van der Waals surface area contributed by atoms with Gasteiger partial charge in [-0.2, -0.15) is 0 Å². The summed E-state index contributed by atoms with van der Waals surface area (Å²) in [5.74, 6) is 0. The van der Waals surface area contributed by atoms with Crippen molar-refractivity contribution >= 4 is 28.9 Å². The third kappa shape index (κ3) is 3.85. The molecule has 0 unspecified atom stereocenters. The third-order valence-electron chi connectivity index (χ3n) is 1.50. The van der Waals surface area contributed by atoms with Crippen molar-refractivity contribution in [3.63, 3.8) is 0 Å². The van der Waals surface area contributed by atoms with Crippen LogP contribution >= 0.6 is 23.2 Å². The predicted molar refractivity (Wildman–Crippen MR) is 56.8 cm³/mol. The lowest BCUT2D eigenvalue weighted by molar-refractivity contribution is 0.211. The minimum atomic E-state index is 0.632. The van der Waals surface area contributed by atoms with Crippen molar-refractivity contribution in [3.8, 4) is 0 Å². The van der Waals surface area contributed by atoms with Crippen LogP contribution in [0.25, 0.3) is 0 Å². The molecule has 4 heteroatoms. The van der Waals surface area contributed by atoms with E-state index in [1.54, 1.807) is 13.2 Å². The molecule has 0 amide bonds. The Kier molecular flexibility index (Phi) is 4.36. The van der Waals surface area contributed by atoms with Gasteiger partial charge in [-0.15, -0.1) is 0 Å². The minimum absolute atomic E-state index is 0.632. The highest BCUT2D eigenvalue weighted by molar-refractivity contribution is 6.35. The van der Waals surface area contributed by atoms with Crippen LogP contribution in [0.1, 0.15) is 0 Å². The predicted octanol–water partition coefficient (Wildman–Crippen LogP) is 3.05. The number of hydrogen-bond donors (Lipinski definition) is 1. The van der Waals surface area contributed by atoms with Crippen LogP contribution in [0, 0.1) is 0 Å².